The van der Waals surface area contributed by atoms with Crippen LogP contribution in [0, 0.1) is 0 Å². The van der Waals surface area contributed by atoms with Gasteiger partial charge >= 0.3 is 0 Å². The Balaban J connectivity index is 1.44. The van der Waals surface area contributed by atoms with Gasteiger partial charge in [0.1, 0.15) is 11.2 Å². The topological polar surface area (TPSA) is 70.6 Å². The maximum absolute atomic E-state index is 13.7. The van der Waals surface area contributed by atoms with Crippen molar-refractivity contribution >= 4 is 11.7 Å². The summed E-state index contributed by atoms with van der Waals surface area (Å²) in [4.78, 5) is 27.5. The average Bonchev–Trinajstić information content (AvgIpc) is 2.89. The molecule has 3 aromatic rings. The number of morpholine rings is 1. The summed E-state index contributed by atoms with van der Waals surface area (Å²) >= 11 is 0. The summed E-state index contributed by atoms with van der Waals surface area (Å²) in [5.74, 6) is 0.909. The minimum atomic E-state index is -0.771. The van der Waals surface area contributed by atoms with Crippen LogP contribution in [0.4, 0.5) is 5.82 Å². The molecule has 1 N–H and O–H groups in total. The normalized spacial score (nSPS) is 20.6. The monoisotopic (exact) mass is 457 g/mol. The standard InChI is InChI=1S/C27H31N5O2/c1-27(26(33)29-17-22-8-5-11-28-16-22)20-31(18-21-6-3-2-4-7-21)19-23-9-10-24(30-25(23)27)32-12-14-34-15-13-32/h2-11,16H,12-15,17-20H2,1H3,(H,29,33). The molecule has 0 saturated carbocycles. The van der Waals surface area contributed by atoms with Crippen LogP contribution in [0.25, 0.3) is 0 Å². The summed E-state index contributed by atoms with van der Waals surface area (Å²) in [6.07, 6.45) is 3.52. The third-order valence-electron chi connectivity index (χ3n) is 6.68. The molecule has 1 unspecified atom stereocenters. The van der Waals surface area contributed by atoms with Gasteiger partial charge in [0.05, 0.1) is 18.9 Å². The minimum absolute atomic E-state index is 0.0120. The first-order valence-electron chi connectivity index (χ1n) is 11.9. The Labute approximate surface area is 200 Å². The molecule has 1 fully saturated rings. The number of pyridine rings is 2. The van der Waals surface area contributed by atoms with E-state index in [0.717, 1.165) is 48.8 Å². The molecule has 0 bridgehead atoms. The molecule has 7 nitrogen and oxygen atoms in total. The van der Waals surface area contributed by atoms with Crippen LogP contribution in [-0.4, -0.2) is 53.6 Å². The number of rotatable bonds is 6. The fourth-order valence-electron chi connectivity index (χ4n) is 4.88. The Morgan fingerprint density at radius 2 is 1.85 bits per heavy atom. The first-order valence-corrected chi connectivity index (χ1v) is 11.9. The van der Waals surface area contributed by atoms with E-state index in [2.05, 4.69) is 56.5 Å². The Kier molecular flexibility index (Phi) is 6.56. The highest BCUT2D eigenvalue weighted by Crippen LogP contribution is 2.35. The molecule has 4 heterocycles. The van der Waals surface area contributed by atoms with E-state index in [1.807, 2.05) is 25.1 Å². The second-order valence-corrected chi connectivity index (χ2v) is 9.28. The van der Waals surface area contributed by atoms with E-state index in [9.17, 15) is 4.79 Å². The Morgan fingerprint density at radius 1 is 1.06 bits per heavy atom. The number of hydrogen-bond donors (Lipinski definition) is 1. The first-order chi connectivity index (χ1) is 16.6. The molecular weight excluding hydrogens is 426 g/mol. The van der Waals surface area contributed by atoms with Crippen molar-refractivity contribution in [3.05, 3.63) is 89.4 Å². The predicted octanol–water partition coefficient (Wildman–Crippen LogP) is 2.90. The highest BCUT2D eigenvalue weighted by Gasteiger charge is 2.43. The zero-order valence-electron chi connectivity index (χ0n) is 19.6. The lowest BCUT2D eigenvalue weighted by Gasteiger charge is -2.41. The van der Waals surface area contributed by atoms with Crippen LogP contribution < -0.4 is 10.2 Å². The molecule has 5 rings (SSSR count). The Bertz CT molecular complexity index is 1120. The number of aromatic nitrogens is 2. The van der Waals surface area contributed by atoms with Gasteiger partial charge in [-0.3, -0.25) is 14.7 Å². The summed E-state index contributed by atoms with van der Waals surface area (Å²) in [6.45, 7) is 7.66. The van der Waals surface area contributed by atoms with Gasteiger partial charge in [-0.15, -0.1) is 0 Å². The molecular formula is C27H31N5O2. The van der Waals surface area contributed by atoms with Crippen molar-refractivity contribution in [2.45, 2.75) is 32.0 Å². The van der Waals surface area contributed by atoms with Crippen LogP contribution >= 0.6 is 0 Å². The molecule has 0 radical (unpaired) electrons. The third kappa shape index (κ3) is 4.81. The van der Waals surface area contributed by atoms with Gasteiger partial charge in [-0.05, 0) is 35.7 Å². The second kappa shape index (κ2) is 9.91. The lowest BCUT2D eigenvalue weighted by molar-refractivity contribution is -0.128. The lowest BCUT2D eigenvalue weighted by Crippen LogP contribution is -2.53. The number of carbonyl (C=O) groups is 1. The number of fused-ring (bicyclic) bond motifs is 1. The highest BCUT2D eigenvalue weighted by atomic mass is 16.5. The van der Waals surface area contributed by atoms with Crippen LogP contribution in [0.1, 0.15) is 29.3 Å². The number of amides is 1. The van der Waals surface area contributed by atoms with Crippen molar-refractivity contribution in [1.82, 2.24) is 20.2 Å². The van der Waals surface area contributed by atoms with Crippen LogP contribution in [0.15, 0.2) is 67.0 Å². The molecule has 2 aliphatic rings. The molecule has 2 aliphatic heterocycles. The van der Waals surface area contributed by atoms with Crippen molar-refractivity contribution < 1.29 is 9.53 Å². The van der Waals surface area contributed by atoms with Crippen LogP contribution in [0.2, 0.25) is 0 Å². The number of ether oxygens (including phenoxy) is 1. The fraction of sp³-hybridized carbons (Fsp3) is 0.370. The van der Waals surface area contributed by atoms with E-state index in [-0.39, 0.29) is 5.91 Å². The number of nitrogens with one attached hydrogen (secondary N) is 1. The number of hydrogen-bond acceptors (Lipinski definition) is 6. The highest BCUT2D eigenvalue weighted by molar-refractivity contribution is 5.88. The smallest absolute Gasteiger partial charge is 0.233 e. The summed E-state index contributed by atoms with van der Waals surface area (Å²) in [7, 11) is 0. The van der Waals surface area contributed by atoms with Crippen LogP contribution in [0.3, 0.4) is 0 Å². The number of benzene rings is 1. The van der Waals surface area contributed by atoms with E-state index in [1.54, 1.807) is 12.4 Å². The molecule has 1 aromatic carbocycles. The largest absolute Gasteiger partial charge is 0.378 e. The maximum atomic E-state index is 13.7. The lowest BCUT2D eigenvalue weighted by atomic mass is 9.79. The van der Waals surface area contributed by atoms with Gasteiger partial charge in [0.2, 0.25) is 5.91 Å². The predicted molar refractivity (Wildman–Crippen MR) is 131 cm³/mol. The minimum Gasteiger partial charge on any atom is -0.378 e. The van der Waals surface area contributed by atoms with Gasteiger partial charge in [-0.1, -0.05) is 42.5 Å². The zero-order valence-corrected chi connectivity index (χ0v) is 19.6. The SMILES string of the molecule is CC1(C(=O)NCc2cccnc2)CN(Cc2ccccc2)Cc2ccc(N3CCOCC3)nc21. The van der Waals surface area contributed by atoms with Gasteiger partial charge in [0.25, 0.3) is 0 Å². The number of carbonyl (C=O) groups excluding carboxylic acids is 1. The average molecular weight is 458 g/mol. The van der Waals surface area contributed by atoms with E-state index >= 15 is 0 Å². The fourth-order valence-corrected chi connectivity index (χ4v) is 4.88. The summed E-state index contributed by atoms with van der Waals surface area (Å²) in [5.41, 5.74) is 3.43. The van der Waals surface area contributed by atoms with Gasteiger partial charge in [0.15, 0.2) is 0 Å². The molecule has 0 aliphatic carbocycles. The van der Waals surface area contributed by atoms with Crippen molar-refractivity contribution in [2.24, 2.45) is 0 Å². The third-order valence-corrected chi connectivity index (χ3v) is 6.68. The summed E-state index contributed by atoms with van der Waals surface area (Å²) < 4.78 is 5.51. The van der Waals surface area contributed by atoms with Crippen LogP contribution in [0.5, 0.6) is 0 Å². The van der Waals surface area contributed by atoms with Gasteiger partial charge in [0, 0.05) is 51.7 Å². The van der Waals surface area contributed by atoms with E-state index in [0.29, 0.717) is 26.3 Å². The van der Waals surface area contributed by atoms with Crippen molar-refractivity contribution in [3.63, 3.8) is 0 Å². The molecule has 1 atom stereocenters. The summed E-state index contributed by atoms with van der Waals surface area (Å²) in [6, 6.07) is 18.5. The molecule has 34 heavy (non-hydrogen) atoms. The molecule has 7 heteroatoms. The first kappa shape index (κ1) is 22.5. The van der Waals surface area contributed by atoms with Crippen molar-refractivity contribution in [1.29, 1.82) is 0 Å². The number of nitrogens with zero attached hydrogens (tertiary/aromatic N) is 4. The molecule has 2 aromatic heterocycles. The van der Waals surface area contributed by atoms with Crippen molar-refractivity contribution in [3.8, 4) is 0 Å². The number of anilines is 1. The van der Waals surface area contributed by atoms with Crippen molar-refractivity contribution in [2.75, 3.05) is 37.7 Å². The Hall–Kier alpha value is -3.29. The Morgan fingerprint density at radius 3 is 2.62 bits per heavy atom. The van der Waals surface area contributed by atoms with E-state index in [1.165, 1.54) is 5.56 Å². The van der Waals surface area contributed by atoms with E-state index in [4.69, 9.17) is 9.72 Å². The van der Waals surface area contributed by atoms with Gasteiger partial charge < -0.3 is 15.0 Å². The molecule has 1 saturated heterocycles. The van der Waals surface area contributed by atoms with Crippen LogP contribution in [-0.2, 0) is 34.6 Å². The quantitative estimate of drug-likeness (QED) is 0.614. The maximum Gasteiger partial charge on any atom is 0.233 e. The molecule has 0 spiro atoms. The molecule has 176 valence electrons. The molecule has 1 amide bonds. The van der Waals surface area contributed by atoms with Gasteiger partial charge in [-0.25, -0.2) is 4.98 Å². The van der Waals surface area contributed by atoms with E-state index < -0.39 is 5.41 Å². The zero-order chi connectivity index (χ0) is 23.4. The van der Waals surface area contributed by atoms with Gasteiger partial charge in [-0.2, -0.15) is 0 Å². The summed E-state index contributed by atoms with van der Waals surface area (Å²) in [5, 5.41) is 3.15. The second-order valence-electron chi connectivity index (χ2n) is 9.28.